The van der Waals surface area contributed by atoms with Gasteiger partial charge in [0.15, 0.2) is 0 Å². The summed E-state index contributed by atoms with van der Waals surface area (Å²) < 4.78 is 1.66. The summed E-state index contributed by atoms with van der Waals surface area (Å²) in [6.45, 7) is 12.0. The lowest BCUT2D eigenvalue weighted by Crippen LogP contribution is -2.33. The fourth-order valence-electron chi connectivity index (χ4n) is 4.78. The van der Waals surface area contributed by atoms with Crippen molar-refractivity contribution in [3.05, 3.63) is 83.0 Å². The summed E-state index contributed by atoms with van der Waals surface area (Å²) in [5.41, 5.74) is 4.34. The quantitative estimate of drug-likeness (QED) is 0.198. The second kappa shape index (κ2) is 11.8. The minimum Gasteiger partial charge on any atom is -0.477 e. The number of aromatic nitrogens is 1. The second-order valence-corrected chi connectivity index (χ2v) is 11.1. The zero-order chi connectivity index (χ0) is 28.3. The number of fused-ring (bicyclic) bond motifs is 1. The minimum absolute atomic E-state index is 0.108. The number of nitrogens with zero attached hydrogens (tertiary/aromatic N) is 2. The first-order valence-electron chi connectivity index (χ1n) is 13.1. The lowest BCUT2D eigenvalue weighted by molar-refractivity contribution is 0.0688. The van der Waals surface area contributed by atoms with E-state index >= 15 is 0 Å². The molecule has 0 radical (unpaired) electrons. The van der Waals surface area contributed by atoms with Gasteiger partial charge in [-0.1, -0.05) is 75.2 Å². The van der Waals surface area contributed by atoms with E-state index in [0.717, 1.165) is 29.6 Å². The topological polar surface area (TPSA) is 86.6 Å². The highest BCUT2D eigenvalue weighted by Gasteiger charge is 2.23. The highest BCUT2D eigenvalue weighted by molar-refractivity contribution is 6.34. The van der Waals surface area contributed by atoms with Crippen LogP contribution in [0.15, 0.2) is 66.7 Å². The van der Waals surface area contributed by atoms with Crippen LogP contribution in [-0.2, 0) is 0 Å². The molecule has 8 heteroatoms. The predicted molar refractivity (Wildman–Crippen MR) is 161 cm³/mol. The van der Waals surface area contributed by atoms with Crippen LogP contribution < -0.4 is 15.5 Å². The van der Waals surface area contributed by atoms with Gasteiger partial charge in [-0.2, -0.15) is 0 Å². The number of aromatic carboxylic acids is 1. The SMILES string of the molecule is Cc1ccc(NC(=O)Nc2cc(-n3c(C(=O)O)cc4ccccc43)cc(Cl)c2N(CC(C)C)CC(C)C)cc1. The molecule has 39 heavy (non-hydrogen) atoms. The summed E-state index contributed by atoms with van der Waals surface area (Å²) in [4.78, 5) is 27.6. The maximum atomic E-state index is 13.2. The Morgan fingerprint density at radius 2 is 1.56 bits per heavy atom. The average Bonchev–Trinajstić information content (AvgIpc) is 3.24. The number of aryl methyl sites for hydroxylation is 1. The number of anilines is 3. The average molecular weight is 547 g/mol. The van der Waals surface area contributed by atoms with Crippen molar-refractivity contribution < 1.29 is 14.7 Å². The monoisotopic (exact) mass is 546 g/mol. The number of amides is 2. The third-order valence-electron chi connectivity index (χ3n) is 6.28. The van der Waals surface area contributed by atoms with Gasteiger partial charge in [-0.15, -0.1) is 0 Å². The molecule has 0 fully saturated rings. The third kappa shape index (κ3) is 6.55. The molecule has 204 valence electrons. The summed E-state index contributed by atoms with van der Waals surface area (Å²) in [6.07, 6.45) is 0. The molecule has 4 aromatic rings. The summed E-state index contributed by atoms with van der Waals surface area (Å²) in [6, 6.07) is 19.8. The summed E-state index contributed by atoms with van der Waals surface area (Å²) >= 11 is 6.98. The first-order valence-corrected chi connectivity index (χ1v) is 13.5. The number of hydrogen-bond acceptors (Lipinski definition) is 3. The fourth-order valence-corrected chi connectivity index (χ4v) is 5.11. The lowest BCUT2D eigenvalue weighted by Gasteiger charge is -2.31. The van der Waals surface area contributed by atoms with Crippen molar-refractivity contribution in [1.29, 1.82) is 0 Å². The Morgan fingerprint density at radius 1 is 0.923 bits per heavy atom. The largest absolute Gasteiger partial charge is 0.477 e. The van der Waals surface area contributed by atoms with Gasteiger partial charge in [0.05, 0.1) is 27.6 Å². The van der Waals surface area contributed by atoms with E-state index in [1.54, 1.807) is 22.8 Å². The van der Waals surface area contributed by atoms with Crippen LogP contribution in [0.5, 0.6) is 0 Å². The van der Waals surface area contributed by atoms with Gasteiger partial charge in [-0.25, -0.2) is 9.59 Å². The Bertz CT molecular complexity index is 1480. The molecule has 0 aliphatic rings. The van der Waals surface area contributed by atoms with Gasteiger partial charge >= 0.3 is 12.0 Å². The van der Waals surface area contributed by atoms with Crippen molar-refractivity contribution in [2.75, 3.05) is 28.6 Å². The predicted octanol–water partition coefficient (Wildman–Crippen LogP) is 8.05. The van der Waals surface area contributed by atoms with E-state index < -0.39 is 12.0 Å². The molecule has 7 nitrogen and oxygen atoms in total. The van der Waals surface area contributed by atoms with Crippen LogP contribution in [0.1, 0.15) is 43.7 Å². The van der Waals surface area contributed by atoms with Gasteiger partial charge in [0.2, 0.25) is 0 Å². The van der Waals surface area contributed by atoms with Crippen LogP contribution in [0.2, 0.25) is 5.02 Å². The van der Waals surface area contributed by atoms with Crippen LogP contribution in [0.3, 0.4) is 0 Å². The molecule has 1 heterocycles. The Balaban J connectivity index is 1.86. The lowest BCUT2D eigenvalue weighted by atomic mass is 10.1. The minimum atomic E-state index is -1.06. The number of carbonyl (C=O) groups excluding carboxylic acids is 1. The van der Waals surface area contributed by atoms with E-state index in [-0.39, 0.29) is 5.69 Å². The van der Waals surface area contributed by atoms with E-state index in [1.165, 1.54) is 0 Å². The van der Waals surface area contributed by atoms with E-state index in [4.69, 9.17) is 11.6 Å². The van der Waals surface area contributed by atoms with Crippen molar-refractivity contribution in [3.8, 4) is 5.69 Å². The number of carbonyl (C=O) groups is 2. The Hall–Kier alpha value is -3.97. The van der Waals surface area contributed by atoms with Crippen LogP contribution >= 0.6 is 11.6 Å². The van der Waals surface area contributed by atoms with E-state index in [1.807, 2.05) is 55.5 Å². The molecule has 1 aromatic heterocycles. The number of carboxylic acid groups (broad SMARTS) is 1. The third-order valence-corrected chi connectivity index (χ3v) is 6.57. The molecule has 0 atom stereocenters. The van der Waals surface area contributed by atoms with E-state index in [0.29, 0.717) is 39.6 Å². The number of hydrogen-bond donors (Lipinski definition) is 3. The Labute approximate surface area is 234 Å². The van der Waals surface area contributed by atoms with Crippen molar-refractivity contribution in [3.63, 3.8) is 0 Å². The first kappa shape index (κ1) is 28.0. The van der Waals surface area contributed by atoms with Gasteiger partial charge < -0.3 is 25.2 Å². The summed E-state index contributed by atoms with van der Waals surface area (Å²) in [5.74, 6) is -0.360. The normalized spacial score (nSPS) is 11.3. The Kier molecular flexibility index (Phi) is 8.51. The van der Waals surface area contributed by atoms with Gasteiger partial charge in [0.25, 0.3) is 0 Å². The van der Waals surface area contributed by atoms with Gasteiger partial charge in [0, 0.05) is 24.2 Å². The molecular formula is C31H35ClN4O3. The van der Waals surface area contributed by atoms with Crippen LogP contribution in [-0.4, -0.2) is 34.8 Å². The van der Waals surface area contributed by atoms with Crippen molar-refractivity contribution in [2.45, 2.75) is 34.6 Å². The highest BCUT2D eigenvalue weighted by Crippen LogP contribution is 2.39. The standard InChI is InChI=1S/C31H35ClN4O3/c1-19(2)17-35(18-20(3)4)29-25(32)15-24(36-27-9-7-6-8-22(27)14-28(36)30(37)38)16-26(29)34-31(39)33-23-12-10-21(5)11-13-23/h6-16,19-20H,17-18H2,1-5H3,(H,37,38)(H2,33,34,39). The maximum absolute atomic E-state index is 13.2. The first-order chi connectivity index (χ1) is 18.5. The molecule has 3 aromatic carbocycles. The molecule has 0 saturated heterocycles. The molecule has 0 saturated carbocycles. The Morgan fingerprint density at radius 3 is 2.18 bits per heavy atom. The highest BCUT2D eigenvalue weighted by atomic mass is 35.5. The molecule has 4 rings (SSSR count). The van der Waals surface area contributed by atoms with E-state index in [9.17, 15) is 14.7 Å². The van der Waals surface area contributed by atoms with Crippen LogP contribution in [0, 0.1) is 18.8 Å². The summed E-state index contributed by atoms with van der Waals surface area (Å²) in [5, 5.41) is 17.1. The molecular weight excluding hydrogens is 512 g/mol. The van der Waals surface area contributed by atoms with Crippen molar-refractivity contribution in [2.24, 2.45) is 11.8 Å². The molecule has 0 aliphatic heterocycles. The van der Waals surface area contributed by atoms with Gasteiger partial charge in [-0.05, 0) is 55.2 Å². The molecule has 2 amide bonds. The van der Waals surface area contributed by atoms with E-state index in [2.05, 4.69) is 43.2 Å². The summed E-state index contributed by atoms with van der Waals surface area (Å²) in [7, 11) is 0. The van der Waals surface area contributed by atoms with Crippen molar-refractivity contribution >= 4 is 51.6 Å². The number of rotatable bonds is 9. The number of halogens is 1. The zero-order valence-corrected chi connectivity index (χ0v) is 23.7. The van der Waals surface area contributed by atoms with Gasteiger partial charge in [0.1, 0.15) is 5.69 Å². The number of para-hydroxylation sites is 1. The molecule has 0 spiro atoms. The fraction of sp³-hybridized carbons (Fsp3) is 0.290. The van der Waals surface area contributed by atoms with Crippen LogP contribution in [0.4, 0.5) is 21.9 Å². The second-order valence-electron chi connectivity index (χ2n) is 10.7. The zero-order valence-electron chi connectivity index (χ0n) is 23.0. The van der Waals surface area contributed by atoms with Crippen LogP contribution in [0.25, 0.3) is 16.6 Å². The molecule has 3 N–H and O–H groups in total. The number of nitrogens with one attached hydrogen (secondary N) is 2. The smallest absolute Gasteiger partial charge is 0.352 e. The molecule has 0 aliphatic carbocycles. The number of urea groups is 1. The number of carboxylic acids is 1. The maximum Gasteiger partial charge on any atom is 0.352 e. The van der Waals surface area contributed by atoms with Gasteiger partial charge in [-0.3, -0.25) is 0 Å². The molecule has 0 unspecified atom stereocenters. The number of benzene rings is 3. The molecule has 0 bridgehead atoms. The van der Waals surface area contributed by atoms with Crippen molar-refractivity contribution in [1.82, 2.24) is 4.57 Å².